The van der Waals surface area contributed by atoms with E-state index >= 15 is 0 Å². The van der Waals surface area contributed by atoms with Crippen molar-refractivity contribution >= 4 is 17.2 Å². The fourth-order valence-electron chi connectivity index (χ4n) is 4.11. The molecule has 1 saturated heterocycles. The van der Waals surface area contributed by atoms with Gasteiger partial charge in [0.1, 0.15) is 11.5 Å². The highest BCUT2D eigenvalue weighted by Crippen LogP contribution is 2.29. The number of nitrogens with two attached hydrogens (primary N) is 2. The van der Waals surface area contributed by atoms with Crippen LogP contribution >= 0.6 is 0 Å². The van der Waals surface area contributed by atoms with Crippen LogP contribution in [0.3, 0.4) is 0 Å². The maximum Gasteiger partial charge on any atom is 0.187 e. The van der Waals surface area contributed by atoms with Gasteiger partial charge in [-0.25, -0.2) is 9.37 Å². The molecule has 3 heterocycles. The lowest BCUT2D eigenvalue weighted by molar-refractivity contribution is 0.0989. The third kappa shape index (κ3) is 4.56. The Bertz CT molecular complexity index is 1110. The SMILES string of the molecule is CC1(N)CCCN(c2ccncc2CC(=O)c2nc(-c3ccccc3F)ccc2N)C1. The number of halogens is 1. The van der Waals surface area contributed by atoms with Crippen molar-refractivity contribution in [3.63, 3.8) is 0 Å². The van der Waals surface area contributed by atoms with Crippen molar-refractivity contribution in [1.29, 1.82) is 0 Å². The Morgan fingerprint density at radius 2 is 2.03 bits per heavy atom. The molecule has 1 fully saturated rings. The number of anilines is 2. The van der Waals surface area contributed by atoms with Gasteiger partial charge in [0.05, 0.1) is 11.4 Å². The lowest BCUT2D eigenvalue weighted by Crippen LogP contribution is -2.52. The molecule has 7 heteroatoms. The summed E-state index contributed by atoms with van der Waals surface area (Å²) in [6, 6.07) is 11.5. The summed E-state index contributed by atoms with van der Waals surface area (Å²) in [7, 11) is 0. The van der Waals surface area contributed by atoms with Crippen LogP contribution in [0.2, 0.25) is 0 Å². The number of carbonyl (C=O) groups is 1. The highest BCUT2D eigenvalue weighted by molar-refractivity contribution is 6.01. The molecule has 160 valence electrons. The van der Waals surface area contributed by atoms with Gasteiger partial charge in [-0.3, -0.25) is 9.78 Å². The van der Waals surface area contributed by atoms with Gasteiger partial charge in [-0.15, -0.1) is 0 Å². The molecule has 4 N–H and O–H groups in total. The Kier molecular flexibility index (Phi) is 5.69. The standard InChI is InChI=1S/C24H26FN5O/c1-24(27)10-4-12-30(15-24)21-9-11-28-14-16(21)13-22(31)23-19(26)7-8-20(29-23)17-5-2-3-6-18(17)25/h2-3,5-9,11,14H,4,10,12-13,15,26-27H2,1H3. The number of nitrogen functional groups attached to an aromatic ring is 1. The average molecular weight is 420 g/mol. The van der Waals surface area contributed by atoms with Crippen LogP contribution in [-0.4, -0.2) is 34.4 Å². The molecular formula is C24H26FN5O. The molecule has 3 aromatic rings. The van der Waals surface area contributed by atoms with Gasteiger partial charge in [-0.1, -0.05) is 12.1 Å². The number of carbonyl (C=O) groups excluding carboxylic acids is 1. The van der Waals surface area contributed by atoms with Gasteiger partial charge in [0, 0.05) is 54.3 Å². The first-order chi connectivity index (χ1) is 14.8. The van der Waals surface area contributed by atoms with Crippen molar-refractivity contribution in [2.75, 3.05) is 23.7 Å². The maximum atomic E-state index is 14.2. The Labute approximate surface area is 181 Å². The fraction of sp³-hybridized carbons (Fsp3) is 0.292. The number of ketones is 1. The molecule has 0 saturated carbocycles. The van der Waals surface area contributed by atoms with E-state index in [0.29, 0.717) is 17.8 Å². The Hall–Kier alpha value is -3.32. The molecule has 1 aliphatic heterocycles. The molecule has 0 radical (unpaired) electrons. The summed E-state index contributed by atoms with van der Waals surface area (Å²) in [5, 5.41) is 0. The van der Waals surface area contributed by atoms with Crippen LogP contribution in [-0.2, 0) is 6.42 Å². The van der Waals surface area contributed by atoms with Crippen LogP contribution in [0.15, 0.2) is 54.9 Å². The normalized spacial score (nSPS) is 18.7. The van der Waals surface area contributed by atoms with Crippen molar-refractivity contribution in [2.45, 2.75) is 31.7 Å². The number of Topliss-reactive ketones (excluding diaryl/α,β-unsaturated/α-hetero) is 1. The summed E-state index contributed by atoms with van der Waals surface area (Å²) in [5.74, 6) is -0.639. The first-order valence-corrected chi connectivity index (χ1v) is 10.4. The van der Waals surface area contributed by atoms with Crippen molar-refractivity contribution in [1.82, 2.24) is 9.97 Å². The van der Waals surface area contributed by atoms with E-state index in [1.807, 2.05) is 13.0 Å². The summed E-state index contributed by atoms with van der Waals surface area (Å²) in [6.07, 6.45) is 5.47. The van der Waals surface area contributed by atoms with Gasteiger partial charge in [0.25, 0.3) is 0 Å². The molecule has 4 rings (SSSR count). The zero-order valence-electron chi connectivity index (χ0n) is 17.5. The van der Waals surface area contributed by atoms with Crippen LogP contribution in [0.5, 0.6) is 0 Å². The molecule has 2 aromatic heterocycles. The van der Waals surface area contributed by atoms with E-state index in [0.717, 1.165) is 30.6 Å². The van der Waals surface area contributed by atoms with E-state index in [4.69, 9.17) is 11.5 Å². The number of benzene rings is 1. The minimum Gasteiger partial charge on any atom is -0.397 e. The third-order valence-corrected chi connectivity index (χ3v) is 5.64. The Morgan fingerprint density at radius 3 is 2.81 bits per heavy atom. The lowest BCUT2D eigenvalue weighted by atomic mass is 9.91. The molecule has 6 nitrogen and oxygen atoms in total. The number of aromatic nitrogens is 2. The number of hydrogen-bond donors (Lipinski definition) is 2. The monoisotopic (exact) mass is 419 g/mol. The molecule has 0 amide bonds. The van der Waals surface area contributed by atoms with Crippen molar-refractivity contribution in [2.24, 2.45) is 5.73 Å². The van der Waals surface area contributed by atoms with Gasteiger partial charge in [0.2, 0.25) is 0 Å². The topological polar surface area (TPSA) is 98.1 Å². The Morgan fingerprint density at radius 1 is 1.23 bits per heavy atom. The smallest absolute Gasteiger partial charge is 0.187 e. The number of hydrogen-bond acceptors (Lipinski definition) is 6. The molecular weight excluding hydrogens is 393 g/mol. The molecule has 31 heavy (non-hydrogen) atoms. The second kappa shape index (κ2) is 8.43. The van der Waals surface area contributed by atoms with E-state index in [1.165, 1.54) is 6.07 Å². The van der Waals surface area contributed by atoms with Gasteiger partial charge in [-0.05, 0) is 50.1 Å². The third-order valence-electron chi connectivity index (χ3n) is 5.64. The average Bonchev–Trinajstić information content (AvgIpc) is 2.74. The zero-order chi connectivity index (χ0) is 22.0. The highest BCUT2D eigenvalue weighted by Gasteiger charge is 2.28. The molecule has 1 unspecified atom stereocenters. The minimum absolute atomic E-state index is 0.0961. The van der Waals surface area contributed by atoms with Gasteiger partial charge >= 0.3 is 0 Å². The van der Waals surface area contributed by atoms with E-state index in [9.17, 15) is 9.18 Å². The predicted octanol–water partition coefficient (Wildman–Crippen LogP) is 3.61. The first kappa shape index (κ1) is 20.9. The number of nitrogens with zero attached hydrogens (tertiary/aromatic N) is 3. The maximum absolute atomic E-state index is 14.2. The van der Waals surface area contributed by atoms with E-state index in [2.05, 4.69) is 14.9 Å². The second-order valence-electron chi connectivity index (χ2n) is 8.40. The summed E-state index contributed by atoms with van der Waals surface area (Å²) >= 11 is 0. The van der Waals surface area contributed by atoms with Gasteiger partial charge in [0.15, 0.2) is 5.78 Å². The summed E-state index contributed by atoms with van der Waals surface area (Å²) < 4.78 is 14.2. The predicted molar refractivity (Wildman–Crippen MR) is 120 cm³/mol. The van der Waals surface area contributed by atoms with Crippen LogP contribution in [0.4, 0.5) is 15.8 Å². The van der Waals surface area contributed by atoms with Crippen LogP contribution < -0.4 is 16.4 Å². The quantitative estimate of drug-likeness (QED) is 0.613. The minimum atomic E-state index is -0.400. The van der Waals surface area contributed by atoms with Crippen molar-refractivity contribution in [3.8, 4) is 11.3 Å². The van der Waals surface area contributed by atoms with Crippen molar-refractivity contribution in [3.05, 3.63) is 71.9 Å². The fourth-order valence-corrected chi connectivity index (χ4v) is 4.11. The van der Waals surface area contributed by atoms with Gasteiger partial charge in [-0.2, -0.15) is 0 Å². The summed E-state index contributed by atoms with van der Waals surface area (Å²) in [6.45, 7) is 3.63. The summed E-state index contributed by atoms with van der Waals surface area (Å²) in [4.78, 5) is 24.0. The number of piperidine rings is 1. The first-order valence-electron chi connectivity index (χ1n) is 10.4. The molecule has 1 aromatic carbocycles. The lowest BCUT2D eigenvalue weighted by Gasteiger charge is -2.39. The van der Waals surface area contributed by atoms with E-state index in [-0.39, 0.29) is 29.1 Å². The number of pyridine rings is 2. The molecule has 0 spiro atoms. The van der Waals surface area contributed by atoms with E-state index < -0.39 is 5.82 Å². The molecule has 1 aliphatic rings. The molecule has 0 aliphatic carbocycles. The van der Waals surface area contributed by atoms with E-state index in [1.54, 1.807) is 42.7 Å². The van der Waals surface area contributed by atoms with Crippen molar-refractivity contribution < 1.29 is 9.18 Å². The van der Waals surface area contributed by atoms with Crippen LogP contribution in [0.25, 0.3) is 11.3 Å². The largest absolute Gasteiger partial charge is 0.397 e. The van der Waals surface area contributed by atoms with Gasteiger partial charge < -0.3 is 16.4 Å². The van der Waals surface area contributed by atoms with Crippen LogP contribution in [0, 0.1) is 5.82 Å². The highest BCUT2D eigenvalue weighted by atomic mass is 19.1. The van der Waals surface area contributed by atoms with Crippen LogP contribution in [0.1, 0.15) is 35.8 Å². The summed E-state index contributed by atoms with van der Waals surface area (Å²) in [5.41, 5.74) is 15.0. The molecule has 0 bridgehead atoms. The Balaban J connectivity index is 1.63. The zero-order valence-corrected chi connectivity index (χ0v) is 17.5. The molecule has 1 atom stereocenters. The second-order valence-corrected chi connectivity index (χ2v) is 8.40. The number of rotatable bonds is 5.